The fourth-order valence-corrected chi connectivity index (χ4v) is 2.51. The van der Waals surface area contributed by atoms with Crippen molar-refractivity contribution >= 4 is 17.6 Å². The van der Waals surface area contributed by atoms with E-state index in [0.29, 0.717) is 24.3 Å². The van der Waals surface area contributed by atoms with E-state index in [1.165, 1.54) is 0 Å². The smallest absolute Gasteiger partial charge is 0.321 e. The van der Waals surface area contributed by atoms with E-state index in [-0.39, 0.29) is 17.5 Å². The molecule has 1 atom stereocenters. The number of aliphatic hydroxyl groups is 1. The van der Waals surface area contributed by atoms with Crippen molar-refractivity contribution in [2.75, 3.05) is 18.4 Å². The lowest BCUT2D eigenvalue weighted by molar-refractivity contribution is 0.0883. The lowest BCUT2D eigenvalue weighted by Gasteiger charge is -2.30. The summed E-state index contributed by atoms with van der Waals surface area (Å²) in [4.78, 5) is 26.0. The van der Waals surface area contributed by atoms with Crippen LogP contribution < -0.4 is 10.6 Å². The fraction of sp³-hybridized carbons (Fsp3) is 0.556. The molecular weight excluding hydrogens is 306 g/mol. The van der Waals surface area contributed by atoms with Crippen LogP contribution in [-0.4, -0.2) is 46.7 Å². The molecule has 1 aliphatic heterocycles. The van der Waals surface area contributed by atoms with E-state index in [4.69, 9.17) is 0 Å². The molecule has 6 nitrogen and oxygen atoms in total. The first kappa shape index (κ1) is 18.3. The van der Waals surface area contributed by atoms with Crippen molar-refractivity contribution in [1.82, 2.24) is 10.2 Å². The molecule has 1 aromatic rings. The summed E-state index contributed by atoms with van der Waals surface area (Å²) in [6.45, 7) is 6.99. The van der Waals surface area contributed by atoms with E-state index in [1.807, 2.05) is 20.8 Å². The number of nitrogens with one attached hydrogen (secondary N) is 2. The molecule has 24 heavy (non-hydrogen) atoms. The third-order valence-electron chi connectivity index (χ3n) is 4.42. The van der Waals surface area contributed by atoms with Gasteiger partial charge in [0.05, 0.1) is 6.10 Å². The number of carbonyl (C=O) groups is 2. The first-order valence-corrected chi connectivity index (χ1v) is 8.47. The normalized spacial score (nSPS) is 18.2. The van der Waals surface area contributed by atoms with Crippen molar-refractivity contribution in [3.05, 3.63) is 29.8 Å². The monoisotopic (exact) mass is 333 g/mol. The van der Waals surface area contributed by atoms with Crippen molar-refractivity contribution in [3.8, 4) is 0 Å². The number of benzene rings is 1. The molecule has 0 radical (unpaired) electrons. The van der Waals surface area contributed by atoms with Crippen LogP contribution in [-0.2, 0) is 0 Å². The van der Waals surface area contributed by atoms with Gasteiger partial charge in [0.15, 0.2) is 0 Å². The van der Waals surface area contributed by atoms with Gasteiger partial charge in [-0.25, -0.2) is 4.79 Å². The number of aliphatic hydroxyl groups excluding tert-OH is 1. The maximum Gasteiger partial charge on any atom is 0.321 e. The Morgan fingerprint density at radius 2 is 1.96 bits per heavy atom. The van der Waals surface area contributed by atoms with Gasteiger partial charge in [-0.05, 0) is 57.4 Å². The highest BCUT2D eigenvalue weighted by atomic mass is 16.3. The molecule has 0 aromatic heterocycles. The van der Waals surface area contributed by atoms with Crippen molar-refractivity contribution in [2.24, 2.45) is 0 Å². The highest BCUT2D eigenvalue weighted by molar-refractivity contribution is 5.96. The van der Waals surface area contributed by atoms with Gasteiger partial charge in [-0.2, -0.15) is 0 Å². The molecule has 3 N–H and O–H groups in total. The summed E-state index contributed by atoms with van der Waals surface area (Å²) in [7, 11) is 0. The SMILES string of the molecule is CCC(C)(C)NC(=O)c1ccc(NC(=O)N2CCC[C@H](O)C2)cc1. The summed E-state index contributed by atoms with van der Waals surface area (Å²) in [6.07, 6.45) is 1.94. The lowest BCUT2D eigenvalue weighted by atomic mass is 10.0. The van der Waals surface area contributed by atoms with E-state index in [9.17, 15) is 14.7 Å². The van der Waals surface area contributed by atoms with Gasteiger partial charge in [-0.1, -0.05) is 6.92 Å². The number of β-amino-alcohol motifs (C(OH)–C–C–N with tert-alkyl or cyclic N) is 1. The number of rotatable bonds is 4. The summed E-state index contributed by atoms with van der Waals surface area (Å²) >= 11 is 0. The topological polar surface area (TPSA) is 81.7 Å². The van der Waals surface area contributed by atoms with Crippen LogP contribution >= 0.6 is 0 Å². The first-order valence-electron chi connectivity index (χ1n) is 8.47. The van der Waals surface area contributed by atoms with Crippen molar-refractivity contribution < 1.29 is 14.7 Å². The van der Waals surface area contributed by atoms with E-state index < -0.39 is 6.10 Å². The molecule has 3 amide bonds. The van der Waals surface area contributed by atoms with Gasteiger partial charge in [-0.3, -0.25) is 4.79 Å². The number of likely N-dealkylation sites (tertiary alicyclic amines) is 1. The molecular formula is C18H27N3O3. The van der Waals surface area contributed by atoms with Gasteiger partial charge in [-0.15, -0.1) is 0 Å². The van der Waals surface area contributed by atoms with E-state index in [1.54, 1.807) is 29.2 Å². The van der Waals surface area contributed by atoms with Gasteiger partial charge in [0.1, 0.15) is 0 Å². The Hall–Kier alpha value is -2.08. The minimum atomic E-state index is -0.447. The van der Waals surface area contributed by atoms with Gasteiger partial charge in [0, 0.05) is 29.9 Å². The Kier molecular flexibility index (Phi) is 5.83. The molecule has 0 aliphatic carbocycles. The number of carbonyl (C=O) groups excluding carboxylic acids is 2. The molecule has 132 valence electrons. The maximum atomic E-state index is 12.2. The zero-order valence-corrected chi connectivity index (χ0v) is 14.6. The van der Waals surface area contributed by atoms with Crippen LogP contribution in [0.3, 0.4) is 0 Å². The maximum absolute atomic E-state index is 12.2. The Morgan fingerprint density at radius 3 is 2.54 bits per heavy atom. The fourth-order valence-electron chi connectivity index (χ4n) is 2.51. The summed E-state index contributed by atoms with van der Waals surface area (Å²) in [5.41, 5.74) is 0.938. The molecule has 0 unspecified atom stereocenters. The Morgan fingerprint density at radius 1 is 1.29 bits per heavy atom. The number of piperidine rings is 1. The molecule has 0 bridgehead atoms. The molecule has 1 aliphatic rings. The van der Waals surface area contributed by atoms with Gasteiger partial charge < -0.3 is 20.6 Å². The second-order valence-corrected chi connectivity index (χ2v) is 6.94. The van der Waals surface area contributed by atoms with Crippen LogP contribution in [0.4, 0.5) is 10.5 Å². The first-order chi connectivity index (χ1) is 11.3. The zero-order chi connectivity index (χ0) is 17.7. The van der Waals surface area contributed by atoms with Gasteiger partial charge in [0.2, 0.25) is 0 Å². The number of anilines is 1. The minimum absolute atomic E-state index is 0.126. The summed E-state index contributed by atoms with van der Waals surface area (Å²) in [5.74, 6) is -0.126. The second kappa shape index (κ2) is 7.66. The standard InChI is InChI=1S/C18H27N3O3/c1-4-18(2,3)20-16(23)13-7-9-14(10-8-13)19-17(24)21-11-5-6-15(22)12-21/h7-10,15,22H,4-6,11-12H2,1-3H3,(H,19,24)(H,20,23)/t15-/m0/s1. The van der Waals surface area contributed by atoms with Crippen LogP contribution in [0.1, 0.15) is 50.4 Å². The van der Waals surface area contributed by atoms with Crippen LogP contribution in [0, 0.1) is 0 Å². The number of hydrogen-bond acceptors (Lipinski definition) is 3. The van der Waals surface area contributed by atoms with Gasteiger partial charge in [0.25, 0.3) is 5.91 Å². The van der Waals surface area contributed by atoms with Gasteiger partial charge >= 0.3 is 6.03 Å². The van der Waals surface area contributed by atoms with Crippen molar-refractivity contribution in [1.29, 1.82) is 0 Å². The predicted octanol–water partition coefficient (Wildman–Crippen LogP) is 2.59. The van der Waals surface area contributed by atoms with Crippen LogP contribution in [0.2, 0.25) is 0 Å². The molecule has 0 spiro atoms. The van der Waals surface area contributed by atoms with E-state index in [0.717, 1.165) is 19.3 Å². The Balaban J connectivity index is 1.94. The summed E-state index contributed by atoms with van der Waals surface area (Å²) in [5, 5.41) is 15.4. The van der Waals surface area contributed by atoms with Crippen LogP contribution in [0.25, 0.3) is 0 Å². The van der Waals surface area contributed by atoms with E-state index in [2.05, 4.69) is 10.6 Å². The number of amides is 3. The molecule has 1 saturated heterocycles. The summed E-state index contributed by atoms with van der Waals surface area (Å²) in [6, 6.07) is 6.60. The quantitative estimate of drug-likeness (QED) is 0.792. The summed E-state index contributed by atoms with van der Waals surface area (Å²) < 4.78 is 0. The second-order valence-electron chi connectivity index (χ2n) is 6.94. The highest BCUT2D eigenvalue weighted by Gasteiger charge is 2.22. The van der Waals surface area contributed by atoms with Crippen LogP contribution in [0.5, 0.6) is 0 Å². The number of hydrogen-bond donors (Lipinski definition) is 3. The predicted molar refractivity (Wildman–Crippen MR) is 94.1 cm³/mol. The zero-order valence-electron chi connectivity index (χ0n) is 14.6. The Labute approximate surface area is 143 Å². The van der Waals surface area contributed by atoms with E-state index >= 15 is 0 Å². The average Bonchev–Trinajstić information content (AvgIpc) is 2.55. The van der Waals surface area contributed by atoms with Crippen molar-refractivity contribution in [3.63, 3.8) is 0 Å². The molecule has 2 rings (SSSR count). The lowest BCUT2D eigenvalue weighted by Crippen LogP contribution is -2.44. The van der Waals surface area contributed by atoms with Crippen molar-refractivity contribution in [2.45, 2.75) is 51.7 Å². The average molecular weight is 333 g/mol. The molecule has 0 saturated carbocycles. The Bertz CT molecular complexity index is 584. The third kappa shape index (κ3) is 4.96. The van der Waals surface area contributed by atoms with Crippen LogP contribution in [0.15, 0.2) is 24.3 Å². The number of urea groups is 1. The molecule has 1 heterocycles. The third-order valence-corrected chi connectivity index (χ3v) is 4.42. The molecule has 1 fully saturated rings. The minimum Gasteiger partial charge on any atom is -0.391 e. The number of nitrogens with zero attached hydrogens (tertiary/aromatic N) is 1. The molecule has 6 heteroatoms. The largest absolute Gasteiger partial charge is 0.391 e. The highest BCUT2D eigenvalue weighted by Crippen LogP contribution is 2.15. The molecule has 1 aromatic carbocycles.